The van der Waals surface area contributed by atoms with Gasteiger partial charge in [0.05, 0.1) is 0 Å². The van der Waals surface area contributed by atoms with Crippen molar-refractivity contribution >= 4 is 23.2 Å². The molecule has 0 aromatic heterocycles. The Hall–Kier alpha value is -0.310. The average molecular weight is 304 g/mol. The second-order valence-electron chi connectivity index (χ2n) is 5.68. The smallest absolute Gasteiger partial charge is 0.113 e. The molecule has 1 fully saturated rings. The maximum Gasteiger partial charge on any atom is 0.113 e. The van der Waals surface area contributed by atoms with E-state index in [1.165, 1.54) is 12.8 Å². The number of halogens is 3. The molecule has 1 aliphatic rings. The first-order valence-electron chi connectivity index (χ1n) is 6.82. The Morgan fingerprint density at radius 3 is 2.84 bits per heavy atom. The molecule has 1 heterocycles. The van der Waals surface area contributed by atoms with Crippen molar-refractivity contribution < 1.29 is 4.39 Å². The van der Waals surface area contributed by atoms with Crippen molar-refractivity contribution in [1.82, 2.24) is 5.32 Å². The highest BCUT2D eigenvalue weighted by Crippen LogP contribution is 2.30. The number of alkyl halides is 1. The van der Waals surface area contributed by atoms with Crippen molar-refractivity contribution in [2.45, 2.75) is 50.7 Å². The quantitative estimate of drug-likeness (QED) is 0.843. The largest absolute Gasteiger partial charge is 0.314 e. The maximum absolute atomic E-state index is 14.7. The minimum Gasteiger partial charge on any atom is -0.314 e. The highest BCUT2D eigenvalue weighted by atomic mass is 35.5. The van der Waals surface area contributed by atoms with Crippen LogP contribution in [0.25, 0.3) is 0 Å². The molecular formula is C15H20Cl2FN. The van der Waals surface area contributed by atoms with Crippen molar-refractivity contribution in [3.8, 4) is 0 Å². The average Bonchev–Trinajstić information content (AvgIpc) is 2.34. The van der Waals surface area contributed by atoms with Crippen LogP contribution < -0.4 is 5.32 Å². The van der Waals surface area contributed by atoms with Crippen LogP contribution in [0.5, 0.6) is 0 Å². The fraction of sp³-hybridized carbons (Fsp3) is 0.600. The van der Waals surface area contributed by atoms with Crippen LogP contribution in [0.2, 0.25) is 10.0 Å². The summed E-state index contributed by atoms with van der Waals surface area (Å²) in [7, 11) is 0. The summed E-state index contributed by atoms with van der Waals surface area (Å²) in [6.07, 6.45) is 4.27. The Labute approximate surface area is 124 Å². The second-order valence-corrected chi connectivity index (χ2v) is 6.52. The van der Waals surface area contributed by atoms with Gasteiger partial charge in [0.15, 0.2) is 0 Å². The van der Waals surface area contributed by atoms with Gasteiger partial charge in [-0.25, -0.2) is 4.39 Å². The summed E-state index contributed by atoms with van der Waals surface area (Å²) >= 11 is 12.0. The molecule has 0 spiro atoms. The predicted molar refractivity (Wildman–Crippen MR) is 79.9 cm³/mol. The van der Waals surface area contributed by atoms with Crippen molar-refractivity contribution in [3.63, 3.8) is 0 Å². The summed E-state index contributed by atoms with van der Waals surface area (Å²) in [5.74, 6) is 0. The van der Waals surface area contributed by atoms with Crippen LogP contribution in [0.1, 0.15) is 38.2 Å². The van der Waals surface area contributed by atoms with Gasteiger partial charge in [0.2, 0.25) is 0 Å². The van der Waals surface area contributed by atoms with Crippen LogP contribution in [0.15, 0.2) is 18.2 Å². The van der Waals surface area contributed by atoms with Crippen molar-refractivity contribution in [3.05, 3.63) is 33.8 Å². The van der Waals surface area contributed by atoms with Gasteiger partial charge in [-0.2, -0.15) is 0 Å². The first-order valence-corrected chi connectivity index (χ1v) is 7.58. The third-order valence-electron chi connectivity index (χ3n) is 3.65. The van der Waals surface area contributed by atoms with E-state index in [0.29, 0.717) is 22.9 Å². The third-order valence-corrected chi connectivity index (χ3v) is 4.26. The fourth-order valence-corrected chi connectivity index (χ4v) is 3.14. The van der Waals surface area contributed by atoms with Crippen LogP contribution >= 0.6 is 23.2 Å². The maximum atomic E-state index is 14.7. The summed E-state index contributed by atoms with van der Waals surface area (Å²) < 4.78 is 14.7. The Morgan fingerprint density at radius 1 is 1.37 bits per heavy atom. The molecule has 1 aliphatic heterocycles. The van der Waals surface area contributed by atoms with Gasteiger partial charge in [-0.05, 0) is 56.5 Å². The molecule has 106 valence electrons. The van der Waals surface area contributed by atoms with E-state index in [1.807, 2.05) is 0 Å². The SMILES string of the molecule is CC(F)(Cc1cc(Cl)ccc1Cl)CC1CCCCN1. The second kappa shape index (κ2) is 6.43. The summed E-state index contributed by atoms with van der Waals surface area (Å²) in [4.78, 5) is 0. The molecule has 1 aromatic carbocycles. The molecule has 4 heteroatoms. The monoisotopic (exact) mass is 303 g/mol. The lowest BCUT2D eigenvalue weighted by Crippen LogP contribution is -2.40. The zero-order valence-corrected chi connectivity index (χ0v) is 12.7. The molecule has 1 nitrogen and oxygen atoms in total. The van der Waals surface area contributed by atoms with Gasteiger partial charge in [-0.15, -0.1) is 0 Å². The number of piperidine rings is 1. The van der Waals surface area contributed by atoms with Gasteiger partial charge in [0, 0.05) is 22.5 Å². The number of nitrogens with one attached hydrogen (secondary N) is 1. The fourth-order valence-electron chi connectivity index (χ4n) is 2.76. The van der Waals surface area contributed by atoms with E-state index in [0.717, 1.165) is 18.5 Å². The molecule has 1 aromatic rings. The van der Waals surface area contributed by atoms with Crippen LogP contribution in [0.3, 0.4) is 0 Å². The lowest BCUT2D eigenvalue weighted by molar-refractivity contribution is 0.146. The highest BCUT2D eigenvalue weighted by Gasteiger charge is 2.29. The molecule has 19 heavy (non-hydrogen) atoms. The number of rotatable bonds is 4. The highest BCUT2D eigenvalue weighted by molar-refractivity contribution is 6.33. The normalized spacial score (nSPS) is 23.1. The van der Waals surface area contributed by atoms with Crippen molar-refractivity contribution in [2.75, 3.05) is 6.54 Å². The minimum atomic E-state index is -1.26. The summed E-state index contributed by atoms with van der Waals surface area (Å²) in [6.45, 7) is 2.65. The zero-order chi connectivity index (χ0) is 13.9. The molecule has 0 radical (unpaired) electrons. The van der Waals surface area contributed by atoms with Crippen LogP contribution in [0, 0.1) is 0 Å². The van der Waals surface area contributed by atoms with Gasteiger partial charge < -0.3 is 5.32 Å². The Kier molecular flexibility index (Phi) is 5.10. The summed E-state index contributed by atoms with van der Waals surface area (Å²) in [5, 5.41) is 4.58. The molecule has 2 unspecified atom stereocenters. The molecule has 1 saturated heterocycles. The van der Waals surface area contributed by atoms with E-state index in [2.05, 4.69) is 5.32 Å². The van der Waals surface area contributed by atoms with Crippen LogP contribution in [-0.2, 0) is 6.42 Å². The summed E-state index contributed by atoms with van der Waals surface area (Å²) in [6, 6.07) is 5.50. The van der Waals surface area contributed by atoms with E-state index in [-0.39, 0.29) is 6.04 Å². The molecule has 0 amide bonds. The predicted octanol–water partition coefficient (Wildman–Crippen LogP) is 4.80. The zero-order valence-electron chi connectivity index (χ0n) is 11.2. The minimum absolute atomic E-state index is 0.279. The van der Waals surface area contributed by atoms with Gasteiger partial charge in [0.25, 0.3) is 0 Å². The number of hydrogen-bond donors (Lipinski definition) is 1. The first-order chi connectivity index (χ1) is 8.96. The van der Waals surface area contributed by atoms with Crippen LogP contribution in [-0.4, -0.2) is 18.3 Å². The van der Waals surface area contributed by atoms with Gasteiger partial charge in [-0.1, -0.05) is 29.6 Å². The van der Waals surface area contributed by atoms with Gasteiger partial charge in [0.1, 0.15) is 5.67 Å². The standard InChI is InChI=1S/C15H20Cl2FN/c1-15(18,10-13-4-2-3-7-19-13)9-11-8-12(16)5-6-14(11)17/h5-6,8,13,19H,2-4,7,9-10H2,1H3. The molecule has 2 atom stereocenters. The Balaban J connectivity index is 2.00. The van der Waals surface area contributed by atoms with Crippen molar-refractivity contribution in [1.29, 1.82) is 0 Å². The molecule has 0 bridgehead atoms. The lowest BCUT2D eigenvalue weighted by Gasteiger charge is -2.30. The van der Waals surface area contributed by atoms with E-state index in [4.69, 9.17) is 23.2 Å². The van der Waals surface area contributed by atoms with E-state index in [9.17, 15) is 4.39 Å². The molecule has 0 saturated carbocycles. The van der Waals surface area contributed by atoms with Gasteiger partial charge in [-0.3, -0.25) is 0 Å². The molecule has 0 aliphatic carbocycles. The van der Waals surface area contributed by atoms with Gasteiger partial charge >= 0.3 is 0 Å². The third kappa shape index (κ3) is 4.62. The number of hydrogen-bond acceptors (Lipinski definition) is 1. The van der Waals surface area contributed by atoms with E-state index >= 15 is 0 Å². The van der Waals surface area contributed by atoms with E-state index < -0.39 is 5.67 Å². The van der Waals surface area contributed by atoms with Crippen LogP contribution in [0.4, 0.5) is 4.39 Å². The number of benzene rings is 1. The molecule has 2 rings (SSSR count). The Bertz CT molecular complexity index is 428. The van der Waals surface area contributed by atoms with Crippen molar-refractivity contribution in [2.24, 2.45) is 0 Å². The first kappa shape index (κ1) is 15.1. The molecular weight excluding hydrogens is 284 g/mol. The topological polar surface area (TPSA) is 12.0 Å². The molecule has 1 N–H and O–H groups in total. The summed E-state index contributed by atoms with van der Waals surface area (Å²) in [5.41, 5.74) is -0.474. The Morgan fingerprint density at radius 2 is 2.16 bits per heavy atom. The van der Waals surface area contributed by atoms with E-state index in [1.54, 1.807) is 25.1 Å². The lowest BCUT2D eigenvalue weighted by atomic mass is 9.88.